The van der Waals surface area contributed by atoms with E-state index in [-0.39, 0.29) is 42.0 Å². The fourth-order valence-electron chi connectivity index (χ4n) is 2.16. The van der Waals surface area contributed by atoms with Crippen molar-refractivity contribution < 1.29 is 22.6 Å². The Hall–Kier alpha value is -2.18. The predicted molar refractivity (Wildman–Crippen MR) is 102 cm³/mol. The van der Waals surface area contributed by atoms with E-state index in [2.05, 4.69) is 15.4 Å². The second kappa shape index (κ2) is 8.96. The van der Waals surface area contributed by atoms with E-state index in [1.165, 1.54) is 27.5 Å². The third-order valence-electron chi connectivity index (χ3n) is 3.25. The summed E-state index contributed by atoms with van der Waals surface area (Å²) >= 11 is 0. The normalized spacial score (nSPS) is 11.7. The SMILES string of the molecule is COc1ccc(NC(N)=NCc2cn(C)nc2C(F)(F)F)cc1OC.I. The molecule has 144 valence electrons. The lowest BCUT2D eigenvalue weighted by atomic mass is 10.2. The van der Waals surface area contributed by atoms with Crippen LogP contribution < -0.4 is 20.5 Å². The van der Waals surface area contributed by atoms with Gasteiger partial charge in [-0.05, 0) is 12.1 Å². The van der Waals surface area contributed by atoms with Crippen LogP contribution in [0, 0.1) is 0 Å². The number of aryl methyl sites for hydroxylation is 1. The molecule has 7 nitrogen and oxygen atoms in total. The highest BCUT2D eigenvalue weighted by Gasteiger charge is 2.36. The summed E-state index contributed by atoms with van der Waals surface area (Å²) in [5.41, 5.74) is 5.26. The van der Waals surface area contributed by atoms with Crippen LogP contribution in [0.3, 0.4) is 0 Å². The van der Waals surface area contributed by atoms with Gasteiger partial charge in [0.2, 0.25) is 0 Å². The lowest BCUT2D eigenvalue weighted by Crippen LogP contribution is -2.22. The number of hydrogen-bond donors (Lipinski definition) is 2. The Kier molecular flexibility index (Phi) is 7.54. The lowest BCUT2D eigenvalue weighted by molar-refractivity contribution is -0.142. The van der Waals surface area contributed by atoms with Gasteiger partial charge in [0, 0.05) is 30.6 Å². The first-order valence-electron chi connectivity index (χ1n) is 7.13. The number of nitrogens with zero attached hydrogens (tertiary/aromatic N) is 3. The van der Waals surface area contributed by atoms with Crippen molar-refractivity contribution in [2.24, 2.45) is 17.8 Å². The first-order chi connectivity index (χ1) is 11.7. The van der Waals surface area contributed by atoms with Crippen LogP contribution in [0.25, 0.3) is 0 Å². The maximum atomic E-state index is 12.9. The van der Waals surface area contributed by atoms with Crippen LogP contribution in [0.1, 0.15) is 11.3 Å². The molecule has 1 heterocycles. The van der Waals surface area contributed by atoms with Gasteiger partial charge in [0.15, 0.2) is 23.2 Å². The third-order valence-corrected chi connectivity index (χ3v) is 3.25. The zero-order valence-corrected chi connectivity index (χ0v) is 16.6. The number of guanidine groups is 1. The summed E-state index contributed by atoms with van der Waals surface area (Å²) in [5.74, 6) is 0.977. The van der Waals surface area contributed by atoms with E-state index in [1.54, 1.807) is 18.2 Å². The van der Waals surface area contributed by atoms with Gasteiger partial charge in [-0.1, -0.05) is 0 Å². The largest absolute Gasteiger partial charge is 0.493 e. The van der Waals surface area contributed by atoms with Gasteiger partial charge in [0.05, 0.1) is 20.8 Å². The van der Waals surface area contributed by atoms with Crippen LogP contribution >= 0.6 is 24.0 Å². The van der Waals surface area contributed by atoms with Gasteiger partial charge >= 0.3 is 6.18 Å². The lowest BCUT2D eigenvalue weighted by Gasteiger charge is -2.11. The monoisotopic (exact) mass is 485 g/mol. The first-order valence-corrected chi connectivity index (χ1v) is 7.13. The van der Waals surface area contributed by atoms with E-state index >= 15 is 0 Å². The molecule has 11 heteroatoms. The molecule has 0 amide bonds. The number of aromatic nitrogens is 2. The molecule has 0 radical (unpaired) electrons. The second-order valence-electron chi connectivity index (χ2n) is 5.07. The molecular weight excluding hydrogens is 466 g/mol. The van der Waals surface area contributed by atoms with Crippen LogP contribution in [-0.4, -0.2) is 30.0 Å². The molecule has 0 aliphatic heterocycles. The molecule has 0 saturated carbocycles. The number of benzene rings is 1. The summed E-state index contributed by atoms with van der Waals surface area (Å²) in [7, 11) is 4.40. The van der Waals surface area contributed by atoms with Crippen molar-refractivity contribution >= 4 is 35.6 Å². The molecule has 2 rings (SSSR count). The molecule has 0 atom stereocenters. The zero-order valence-electron chi connectivity index (χ0n) is 14.3. The van der Waals surface area contributed by atoms with Crippen molar-refractivity contribution in [1.82, 2.24) is 9.78 Å². The second-order valence-corrected chi connectivity index (χ2v) is 5.07. The van der Waals surface area contributed by atoms with Gasteiger partial charge in [-0.25, -0.2) is 4.99 Å². The van der Waals surface area contributed by atoms with Crippen molar-refractivity contribution in [2.45, 2.75) is 12.7 Å². The number of aliphatic imine (C=N–C) groups is 1. The summed E-state index contributed by atoms with van der Waals surface area (Å²) in [5, 5.41) is 6.20. The van der Waals surface area contributed by atoms with Crippen LogP contribution in [0.4, 0.5) is 18.9 Å². The molecule has 2 aromatic rings. The zero-order chi connectivity index (χ0) is 18.6. The van der Waals surface area contributed by atoms with Crippen molar-refractivity contribution in [2.75, 3.05) is 19.5 Å². The van der Waals surface area contributed by atoms with E-state index < -0.39 is 11.9 Å². The number of anilines is 1. The van der Waals surface area contributed by atoms with Gasteiger partial charge in [0.1, 0.15) is 0 Å². The number of alkyl halides is 3. The Morgan fingerprint density at radius 1 is 1.27 bits per heavy atom. The van der Waals surface area contributed by atoms with Crippen LogP contribution in [0.5, 0.6) is 11.5 Å². The Bertz CT molecular complexity index is 777. The van der Waals surface area contributed by atoms with Gasteiger partial charge < -0.3 is 20.5 Å². The molecule has 0 unspecified atom stereocenters. The van der Waals surface area contributed by atoms with Crippen LogP contribution in [-0.2, 0) is 19.8 Å². The van der Waals surface area contributed by atoms with Gasteiger partial charge in [-0.3, -0.25) is 4.68 Å². The van der Waals surface area contributed by atoms with Gasteiger partial charge in [0.25, 0.3) is 0 Å². The Balaban J connectivity index is 0.00000338. The topological polar surface area (TPSA) is 86.7 Å². The fourth-order valence-corrected chi connectivity index (χ4v) is 2.16. The summed E-state index contributed by atoms with van der Waals surface area (Å²) in [4.78, 5) is 3.93. The standard InChI is InChI=1S/C15H18F3N5O2.HI/c1-23-8-9(13(22-23)15(16,17)18)7-20-14(19)21-10-4-5-11(24-2)12(6-10)25-3;/h4-6,8H,7H2,1-3H3,(H3,19,20,21);1H. The van der Waals surface area contributed by atoms with Gasteiger partial charge in [-0.15, -0.1) is 24.0 Å². The molecular formula is C15H19F3IN5O2. The van der Waals surface area contributed by atoms with Crippen molar-refractivity contribution in [3.05, 3.63) is 35.7 Å². The van der Waals surface area contributed by atoms with E-state index in [0.717, 1.165) is 4.68 Å². The number of nitrogens with two attached hydrogens (primary N) is 1. The number of hydrogen-bond acceptors (Lipinski definition) is 4. The minimum atomic E-state index is -4.54. The molecule has 1 aromatic carbocycles. The summed E-state index contributed by atoms with van der Waals surface area (Å²) < 4.78 is 50.0. The van der Waals surface area contributed by atoms with E-state index in [4.69, 9.17) is 15.2 Å². The first kappa shape index (κ1) is 21.9. The Morgan fingerprint density at radius 3 is 2.50 bits per heavy atom. The Morgan fingerprint density at radius 2 is 1.92 bits per heavy atom. The Labute approximate surface area is 165 Å². The molecule has 0 aliphatic carbocycles. The number of halogens is 4. The van der Waals surface area contributed by atoms with E-state index in [1.807, 2.05) is 0 Å². The van der Waals surface area contributed by atoms with Crippen LogP contribution in [0.15, 0.2) is 29.4 Å². The molecule has 0 aliphatic rings. The highest BCUT2D eigenvalue weighted by atomic mass is 127. The predicted octanol–water partition coefficient (Wildman–Crippen LogP) is 3.00. The summed E-state index contributed by atoms with van der Waals surface area (Å²) in [6.07, 6.45) is -3.28. The maximum Gasteiger partial charge on any atom is 0.435 e. The number of nitrogens with one attached hydrogen (secondary N) is 1. The smallest absolute Gasteiger partial charge is 0.435 e. The molecule has 0 saturated heterocycles. The van der Waals surface area contributed by atoms with Crippen molar-refractivity contribution in [3.8, 4) is 11.5 Å². The number of rotatable bonds is 5. The molecule has 0 spiro atoms. The molecule has 0 fully saturated rings. The molecule has 26 heavy (non-hydrogen) atoms. The number of ether oxygens (including phenoxy) is 2. The summed E-state index contributed by atoms with van der Waals surface area (Å²) in [6.45, 7) is -0.255. The quantitative estimate of drug-likeness (QED) is 0.387. The third kappa shape index (κ3) is 5.41. The molecule has 3 N–H and O–H groups in total. The van der Waals surface area contributed by atoms with E-state index in [0.29, 0.717) is 17.2 Å². The van der Waals surface area contributed by atoms with Crippen molar-refractivity contribution in [1.29, 1.82) is 0 Å². The average molecular weight is 485 g/mol. The molecule has 1 aromatic heterocycles. The highest BCUT2D eigenvalue weighted by Crippen LogP contribution is 2.31. The summed E-state index contributed by atoms with van der Waals surface area (Å²) in [6, 6.07) is 4.97. The van der Waals surface area contributed by atoms with Gasteiger partial charge in [-0.2, -0.15) is 18.3 Å². The minimum Gasteiger partial charge on any atom is -0.493 e. The number of methoxy groups -OCH3 is 2. The molecule has 0 bridgehead atoms. The minimum absolute atomic E-state index is 0. The average Bonchev–Trinajstić information content (AvgIpc) is 2.94. The maximum absolute atomic E-state index is 12.9. The fraction of sp³-hybridized carbons (Fsp3) is 0.333. The van der Waals surface area contributed by atoms with E-state index in [9.17, 15) is 13.2 Å². The van der Waals surface area contributed by atoms with Crippen molar-refractivity contribution in [3.63, 3.8) is 0 Å². The van der Waals surface area contributed by atoms with Crippen LogP contribution in [0.2, 0.25) is 0 Å². The highest BCUT2D eigenvalue weighted by molar-refractivity contribution is 14.0.